The van der Waals surface area contributed by atoms with E-state index in [1.807, 2.05) is 30.3 Å². The summed E-state index contributed by atoms with van der Waals surface area (Å²) in [6, 6.07) is 13.0. The van der Waals surface area contributed by atoms with E-state index >= 15 is 0 Å². The molecular formula is C10H9NaO2S. The molecule has 0 spiro atoms. The van der Waals surface area contributed by atoms with Gasteiger partial charge in [-0.25, -0.2) is 4.21 Å². The Balaban J connectivity index is 0.000000980. The first-order valence-electron chi connectivity index (χ1n) is 3.87. The van der Waals surface area contributed by atoms with Crippen molar-refractivity contribution in [2.45, 2.75) is 4.90 Å². The fourth-order valence-electron chi connectivity index (χ4n) is 1.28. The fourth-order valence-corrected chi connectivity index (χ4v) is 1.69. The summed E-state index contributed by atoms with van der Waals surface area (Å²) in [6.07, 6.45) is 0. The molecule has 1 N–H and O–H groups in total. The van der Waals surface area contributed by atoms with Gasteiger partial charge in [0, 0.05) is 0 Å². The molecule has 0 aliphatic heterocycles. The molecule has 0 saturated heterocycles. The zero-order valence-corrected chi connectivity index (χ0v) is 7.62. The number of rotatable bonds is 1. The first kappa shape index (κ1) is 11.9. The van der Waals surface area contributed by atoms with Crippen molar-refractivity contribution < 1.29 is 8.76 Å². The second-order valence-corrected chi connectivity index (χ2v) is 3.73. The third-order valence-electron chi connectivity index (χ3n) is 1.92. The molecule has 2 nitrogen and oxygen atoms in total. The first-order chi connectivity index (χ1) is 6.27. The molecule has 1 unspecified atom stereocenters. The standard InChI is InChI=1S/C10H8O2S.Na.H/c11-13(12)10-6-5-8-3-1-2-4-9(8)7-10;;/h1-7H,(H,11,12);;. The molecule has 0 saturated carbocycles. The van der Waals surface area contributed by atoms with Crippen LogP contribution in [0.1, 0.15) is 0 Å². The van der Waals surface area contributed by atoms with Crippen LogP contribution in [-0.2, 0) is 11.1 Å². The van der Waals surface area contributed by atoms with Gasteiger partial charge in [-0.3, -0.25) is 0 Å². The number of hydrogen-bond donors (Lipinski definition) is 1. The summed E-state index contributed by atoms with van der Waals surface area (Å²) < 4.78 is 19.6. The molecule has 0 amide bonds. The van der Waals surface area contributed by atoms with E-state index in [1.165, 1.54) is 0 Å². The summed E-state index contributed by atoms with van der Waals surface area (Å²) in [5.74, 6) is 0. The van der Waals surface area contributed by atoms with E-state index in [9.17, 15) is 4.21 Å². The Morgan fingerprint density at radius 1 is 1.00 bits per heavy atom. The van der Waals surface area contributed by atoms with Gasteiger partial charge in [-0.2, -0.15) is 0 Å². The molecule has 68 valence electrons. The second-order valence-electron chi connectivity index (χ2n) is 2.76. The van der Waals surface area contributed by atoms with Gasteiger partial charge in [0.15, 0.2) is 11.1 Å². The van der Waals surface area contributed by atoms with Gasteiger partial charge in [0.05, 0.1) is 4.90 Å². The quantitative estimate of drug-likeness (QED) is 0.582. The Labute approximate surface area is 107 Å². The van der Waals surface area contributed by atoms with Crippen LogP contribution >= 0.6 is 0 Å². The average Bonchev–Trinajstić information content (AvgIpc) is 2.17. The van der Waals surface area contributed by atoms with E-state index in [0.29, 0.717) is 4.90 Å². The van der Waals surface area contributed by atoms with Crippen molar-refractivity contribution in [1.82, 2.24) is 0 Å². The summed E-state index contributed by atoms with van der Waals surface area (Å²) in [6.45, 7) is 0. The molecule has 2 rings (SSSR count). The first-order valence-corrected chi connectivity index (χ1v) is 4.98. The van der Waals surface area contributed by atoms with Gasteiger partial charge in [-0.15, -0.1) is 0 Å². The maximum atomic E-state index is 10.8. The predicted molar refractivity (Wildman–Crippen MR) is 60.1 cm³/mol. The predicted octanol–water partition coefficient (Wildman–Crippen LogP) is 1.77. The summed E-state index contributed by atoms with van der Waals surface area (Å²) >= 11 is -1.88. The zero-order chi connectivity index (χ0) is 9.26. The molecule has 2 aromatic rings. The molecule has 0 heterocycles. The summed E-state index contributed by atoms with van der Waals surface area (Å²) in [7, 11) is 0. The van der Waals surface area contributed by atoms with Crippen LogP contribution in [0.15, 0.2) is 47.4 Å². The molecule has 0 fully saturated rings. The molecule has 14 heavy (non-hydrogen) atoms. The van der Waals surface area contributed by atoms with Gasteiger partial charge < -0.3 is 4.55 Å². The second kappa shape index (κ2) is 5.05. The van der Waals surface area contributed by atoms with Gasteiger partial charge in [0.2, 0.25) is 0 Å². The van der Waals surface area contributed by atoms with Gasteiger partial charge >= 0.3 is 29.6 Å². The van der Waals surface area contributed by atoms with Crippen molar-refractivity contribution in [2.75, 3.05) is 0 Å². The molecule has 2 aromatic carbocycles. The zero-order valence-electron chi connectivity index (χ0n) is 6.81. The van der Waals surface area contributed by atoms with Crippen molar-refractivity contribution in [1.29, 1.82) is 0 Å². The Bertz CT molecular complexity index is 470. The third kappa shape index (κ3) is 2.43. The molecular weight excluding hydrogens is 207 g/mol. The van der Waals surface area contributed by atoms with Crippen LogP contribution in [0.4, 0.5) is 0 Å². The van der Waals surface area contributed by atoms with Gasteiger partial charge in [0.1, 0.15) is 0 Å². The van der Waals surface area contributed by atoms with Crippen molar-refractivity contribution in [2.24, 2.45) is 0 Å². The molecule has 0 aliphatic carbocycles. The minimum absolute atomic E-state index is 0. The molecule has 1 atom stereocenters. The van der Waals surface area contributed by atoms with Gasteiger partial charge in [0.25, 0.3) is 0 Å². The maximum absolute atomic E-state index is 10.8. The molecule has 0 aliphatic rings. The summed E-state index contributed by atoms with van der Waals surface area (Å²) in [4.78, 5) is 0.443. The van der Waals surface area contributed by atoms with Crippen molar-refractivity contribution in [3.8, 4) is 0 Å². The Hall–Kier alpha value is -0.190. The molecule has 0 radical (unpaired) electrons. The normalized spacial score (nSPS) is 12.1. The molecule has 4 heteroatoms. The number of fused-ring (bicyclic) bond motifs is 1. The van der Waals surface area contributed by atoms with E-state index < -0.39 is 11.1 Å². The van der Waals surface area contributed by atoms with Crippen LogP contribution < -0.4 is 0 Å². The summed E-state index contributed by atoms with van der Waals surface area (Å²) in [5, 5.41) is 2.07. The van der Waals surface area contributed by atoms with E-state index in [2.05, 4.69) is 0 Å². The molecule has 0 bridgehead atoms. The van der Waals surface area contributed by atoms with Crippen molar-refractivity contribution in [3.05, 3.63) is 42.5 Å². The van der Waals surface area contributed by atoms with E-state index in [0.717, 1.165) is 10.8 Å². The van der Waals surface area contributed by atoms with E-state index in [4.69, 9.17) is 4.55 Å². The van der Waals surface area contributed by atoms with Crippen LogP contribution in [0.2, 0.25) is 0 Å². The van der Waals surface area contributed by atoms with Crippen LogP contribution in [-0.4, -0.2) is 38.3 Å². The van der Waals surface area contributed by atoms with Crippen LogP contribution in [0.3, 0.4) is 0 Å². The van der Waals surface area contributed by atoms with Crippen LogP contribution in [0, 0.1) is 0 Å². The third-order valence-corrected chi connectivity index (χ3v) is 2.58. The minimum atomic E-state index is -1.88. The van der Waals surface area contributed by atoms with Crippen molar-refractivity contribution >= 4 is 51.4 Å². The van der Waals surface area contributed by atoms with E-state index in [-0.39, 0.29) is 29.6 Å². The van der Waals surface area contributed by atoms with Crippen LogP contribution in [0.5, 0.6) is 0 Å². The average molecular weight is 216 g/mol. The molecule has 0 aromatic heterocycles. The Kier molecular flexibility index (Phi) is 4.29. The van der Waals surface area contributed by atoms with Crippen LogP contribution in [0.25, 0.3) is 10.8 Å². The number of hydrogen-bond acceptors (Lipinski definition) is 1. The fraction of sp³-hybridized carbons (Fsp3) is 0. The van der Waals surface area contributed by atoms with Gasteiger partial charge in [-0.05, 0) is 22.9 Å². The van der Waals surface area contributed by atoms with E-state index in [1.54, 1.807) is 12.1 Å². The number of benzene rings is 2. The Morgan fingerprint density at radius 3 is 2.29 bits per heavy atom. The topological polar surface area (TPSA) is 37.3 Å². The van der Waals surface area contributed by atoms with Crippen molar-refractivity contribution in [3.63, 3.8) is 0 Å². The summed E-state index contributed by atoms with van der Waals surface area (Å²) in [5.41, 5.74) is 0. The Morgan fingerprint density at radius 2 is 1.64 bits per heavy atom. The SMILES string of the molecule is O=S(O)c1ccc2ccccc2c1.[NaH]. The monoisotopic (exact) mass is 216 g/mol. The van der Waals surface area contributed by atoms with Gasteiger partial charge in [-0.1, -0.05) is 30.3 Å².